The Morgan fingerprint density at radius 2 is 1.84 bits per heavy atom. The SMILES string of the molecule is CCC(Cc1ccccc1)NC(C)Cc1ccco1. The van der Waals surface area contributed by atoms with Crippen molar-refractivity contribution < 1.29 is 4.42 Å². The number of hydrogen-bond donors (Lipinski definition) is 1. The zero-order valence-electron chi connectivity index (χ0n) is 11.8. The maximum atomic E-state index is 5.40. The first kappa shape index (κ1) is 13.9. The molecular formula is C17H23NO. The molecule has 0 bridgehead atoms. The van der Waals surface area contributed by atoms with E-state index >= 15 is 0 Å². The van der Waals surface area contributed by atoms with Crippen LogP contribution in [0.4, 0.5) is 0 Å². The van der Waals surface area contributed by atoms with Crippen molar-refractivity contribution in [2.45, 2.75) is 45.2 Å². The van der Waals surface area contributed by atoms with Gasteiger partial charge in [0.25, 0.3) is 0 Å². The highest BCUT2D eigenvalue weighted by Crippen LogP contribution is 2.09. The Labute approximate surface area is 115 Å². The van der Waals surface area contributed by atoms with Gasteiger partial charge in [-0.2, -0.15) is 0 Å². The van der Waals surface area contributed by atoms with Crippen molar-refractivity contribution in [3.05, 3.63) is 60.1 Å². The number of furan rings is 1. The molecule has 0 aliphatic heterocycles. The Balaban J connectivity index is 1.84. The molecule has 2 aromatic rings. The van der Waals surface area contributed by atoms with E-state index < -0.39 is 0 Å². The van der Waals surface area contributed by atoms with E-state index in [4.69, 9.17) is 4.42 Å². The molecule has 1 aromatic carbocycles. The normalized spacial score (nSPS) is 14.2. The molecule has 0 amide bonds. The van der Waals surface area contributed by atoms with Crippen LogP contribution in [0.2, 0.25) is 0 Å². The lowest BCUT2D eigenvalue weighted by Gasteiger charge is -2.22. The van der Waals surface area contributed by atoms with Crippen LogP contribution in [-0.4, -0.2) is 12.1 Å². The molecular weight excluding hydrogens is 234 g/mol. The van der Waals surface area contributed by atoms with Crippen LogP contribution in [0.3, 0.4) is 0 Å². The van der Waals surface area contributed by atoms with Crippen molar-refractivity contribution in [2.24, 2.45) is 0 Å². The second kappa shape index (κ2) is 7.15. The Kier molecular flexibility index (Phi) is 5.22. The van der Waals surface area contributed by atoms with E-state index in [9.17, 15) is 0 Å². The summed E-state index contributed by atoms with van der Waals surface area (Å²) < 4.78 is 5.40. The fraction of sp³-hybridized carbons (Fsp3) is 0.412. The zero-order chi connectivity index (χ0) is 13.5. The van der Waals surface area contributed by atoms with Gasteiger partial charge < -0.3 is 9.73 Å². The minimum atomic E-state index is 0.430. The summed E-state index contributed by atoms with van der Waals surface area (Å²) in [6, 6.07) is 15.6. The predicted octanol–water partition coefficient (Wildman–Crippen LogP) is 3.82. The molecule has 2 unspecified atom stereocenters. The molecule has 2 nitrogen and oxygen atoms in total. The highest BCUT2D eigenvalue weighted by atomic mass is 16.3. The van der Waals surface area contributed by atoms with Crippen LogP contribution < -0.4 is 5.32 Å². The minimum absolute atomic E-state index is 0.430. The van der Waals surface area contributed by atoms with Crippen molar-refractivity contribution in [1.29, 1.82) is 0 Å². The predicted molar refractivity (Wildman–Crippen MR) is 79.2 cm³/mol. The maximum Gasteiger partial charge on any atom is 0.105 e. The second-order valence-electron chi connectivity index (χ2n) is 5.15. The van der Waals surface area contributed by atoms with E-state index in [0.717, 1.165) is 25.0 Å². The molecule has 0 saturated heterocycles. The van der Waals surface area contributed by atoms with Crippen LogP contribution in [0.15, 0.2) is 53.1 Å². The number of rotatable bonds is 7. The van der Waals surface area contributed by atoms with Crippen molar-refractivity contribution in [1.82, 2.24) is 5.32 Å². The van der Waals surface area contributed by atoms with Crippen molar-refractivity contribution in [3.8, 4) is 0 Å². The van der Waals surface area contributed by atoms with Crippen molar-refractivity contribution in [2.75, 3.05) is 0 Å². The Hall–Kier alpha value is -1.54. The van der Waals surface area contributed by atoms with Crippen LogP contribution >= 0.6 is 0 Å². The zero-order valence-corrected chi connectivity index (χ0v) is 11.8. The van der Waals surface area contributed by atoms with Gasteiger partial charge >= 0.3 is 0 Å². The number of hydrogen-bond acceptors (Lipinski definition) is 2. The first-order valence-corrected chi connectivity index (χ1v) is 7.10. The molecule has 0 aliphatic rings. The lowest BCUT2D eigenvalue weighted by atomic mass is 10.0. The summed E-state index contributed by atoms with van der Waals surface area (Å²) in [6.07, 6.45) is 4.90. The fourth-order valence-corrected chi connectivity index (χ4v) is 2.41. The van der Waals surface area contributed by atoms with Gasteiger partial charge in [0, 0.05) is 18.5 Å². The Morgan fingerprint density at radius 3 is 2.47 bits per heavy atom. The van der Waals surface area contributed by atoms with Gasteiger partial charge in [0.1, 0.15) is 5.76 Å². The molecule has 2 rings (SSSR count). The molecule has 0 spiro atoms. The first-order chi connectivity index (χ1) is 9.28. The average molecular weight is 257 g/mol. The summed E-state index contributed by atoms with van der Waals surface area (Å²) in [7, 11) is 0. The van der Waals surface area contributed by atoms with Crippen LogP contribution in [0, 0.1) is 0 Å². The molecule has 2 heteroatoms. The molecule has 1 aromatic heterocycles. The monoisotopic (exact) mass is 257 g/mol. The molecule has 19 heavy (non-hydrogen) atoms. The Morgan fingerprint density at radius 1 is 1.05 bits per heavy atom. The van der Waals surface area contributed by atoms with Gasteiger partial charge in [-0.1, -0.05) is 37.3 Å². The van der Waals surface area contributed by atoms with Crippen LogP contribution in [0.1, 0.15) is 31.6 Å². The largest absolute Gasteiger partial charge is 0.469 e. The third kappa shape index (κ3) is 4.56. The fourth-order valence-electron chi connectivity index (χ4n) is 2.41. The lowest BCUT2D eigenvalue weighted by molar-refractivity contribution is 0.402. The van der Waals surface area contributed by atoms with Crippen LogP contribution in [-0.2, 0) is 12.8 Å². The van der Waals surface area contributed by atoms with Gasteiger partial charge in [0.15, 0.2) is 0 Å². The summed E-state index contributed by atoms with van der Waals surface area (Å²) in [5.41, 5.74) is 1.40. The van der Waals surface area contributed by atoms with E-state index in [2.05, 4.69) is 49.5 Å². The van der Waals surface area contributed by atoms with Gasteiger partial charge in [0.2, 0.25) is 0 Å². The van der Waals surface area contributed by atoms with Crippen LogP contribution in [0.25, 0.3) is 0 Å². The third-order valence-electron chi connectivity index (χ3n) is 3.43. The van der Waals surface area contributed by atoms with Gasteiger partial charge in [-0.05, 0) is 37.5 Å². The highest BCUT2D eigenvalue weighted by Gasteiger charge is 2.12. The smallest absolute Gasteiger partial charge is 0.105 e. The van der Waals surface area contributed by atoms with E-state index in [0.29, 0.717) is 12.1 Å². The molecule has 0 aliphatic carbocycles. The van der Waals surface area contributed by atoms with E-state index in [1.807, 2.05) is 12.1 Å². The third-order valence-corrected chi connectivity index (χ3v) is 3.43. The number of benzene rings is 1. The number of nitrogens with one attached hydrogen (secondary N) is 1. The summed E-state index contributed by atoms with van der Waals surface area (Å²) in [5.74, 6) is 1.05. The topological polar surface area (TPSA) is 25.2 Å². The molecule has 2 atom stereocenters. The lowest BCUT2D eigenvalue weighted by Crippen LogP contribution is -2.38. The van der Waals surface area contributed by atoms with Crippen molar-refractivity contribution in [3.63, 3.8) is 0 Å². The van der Waals surface area contributed by atoms with Gasteiger partial charge in [-0.15, -0.1) is 0 Å². The quantitative estimate of drug-likeness (QED) is 0.815. The average Bonchev–Trinajstić information content (AvgIpc) is 2.92. The van der Waals surface area contributed by atoms with E-state index in [1.54, 1.807) is 6.26 Å². The summed E-state index contributed by atoms with van der Waals surface area (Å²) >= 11 is 0. The molecule has 1 heterocycles. The van der Waals surface area contributed by atoms with Gasteiger partial charge in [0.05, 0.1) is 6.26 Å². The molecule has 102 valence electrons. The maximum absolute atomic E-state index is 5.40. The van der Waals surface area contributed by atoms with Gasteiger partial charge in [-0.3, -0.25) is 0 Å². The summed E-state index contributed by atoms with van der Waals surface area (Å²) in [5, 5.41) is 3.69. The molecule has 0 radical (unpaired) electrons. The first-order valence-electron chi connectivity index (χ1n) is 7.10. The second-order valence-corrected chi connectivity index (χ2v) is 5.15. The van der Waals surface area contributed by atoms with Gasteiger partial charge in [-0.25, -0.2) is 0 Å². The summed E-state index contributed by atoms with van der Waals surface area (Å²) in [4.78, 5) is 0. The summed E-state index contributed by atoms with van der Waals surface area (Å²) in [6.45, 7) is 4.45. The van der Waals surface area contributed by atoms with E-state index in [-0.39, 0.29) is 0 Å². The Bertz CT molecular complexity index is 449. The minimum Gasteiger partial charge on any atom is -0.469 e. The highest BCUT2D eigenvalue weighted by molar-refractivity contribution is 5.16. The van der Waals surface area contributed by atoms with Crippen LogP contribution in [0.5, 0.6) is 0 Å². The van der Waals surface area contributed by atoms with E-state index in [1.165, 1.54) is 5.56 Å². The standard InChI is InChI=1S/C17H23NO/c1-3-16(13-15-8-5-4-6-9-15)18-14(2)12-17-10-7-11-19-17/h4-11,14,16,18H,3,12-13H2,1-2H3. The molecule has 0 saturated carbocycles. The molecule has 1 N–H and O–H groups in total. The molecule has 0 fully saturated rings. The van der Waals surface area contributed by atoms with Crippen molar-refractivity contribution >= 4 is 0 Å².